The standard InChI is InChI=1S/C16H21N3O3/c1-11-12(2)22-16(17-11)19-15(21)18-14(9-6-10-20)13-7-4-3-5-8-13/h3-5,7-8,14,20H,6,9-10H2,1-2H3,(H2,17,18,19,21). The number of carbonyl (C=O) groups excluding carboxylic acids is 1. The fourth-order valence-electron chi connectivity index (χ4n) is 2.12. The van der Waals surface area contributed by atoms with Crippen LogP contribution < -0.4 is 10.6 Å². The highest BCUT2D eigenvalue weighted by atomic mass is 16.4. The number of aryl methyl sites for hydroxylation is 2. The molecular formula is C16H21N3O3. The lowest BCUT2D eigenvalue weighted by atomic mass is 10.0. The number of nitrogens with one attached hydrogen (secondary N) is 2. The van der Waals surface area contributed by atoms with Gasteiger partial charge in [0.2, 0.25) is 0 Å². The molecule has 118 valence electrons. The maximum absolute atomic E-state index is 12.1. The van der Waals surface area contributed by atoms with Crippen molar-refractivity contribution >= 4 is 12.0 Å². The third kappa shape index (κ3) is 4.33. The molecule has 3 N–H and O–H groups in total. The number of urea groups is 1. The minimum Gasteiger partial charge on any atom is -0.428 e. The molecule has 1 aromatic carbocycles. The summed E-state index contributed by atoms with van der Waals surface area (Å²) in [6.07, 6.45) is 1.26. The molecule has 0 saturated carbocycles. The van der Waals surface area contributed by atoms with Crippen molar-refractivity contribution in [3.8, 4) is 0 Å². The zero-order valence-corrected chi connectivity index (χ0v) is 12.8. The van der Waals surface area contributed by atoms with E-state index in [0.717, 1.165) is 11.3 Å². The summed E-state index contributed by atoms with van der Waals surface area (Å²) in [5.41, 5.74) is 1.74. The van der Waals surface area contributed by atoms with Crippen LogP contribution in [0.15, 0.2) is 34.7 Å². The number of anilines is 1. The van der Waals surface area contributed by atoms with Crippen LogP contribution in [0.5, 0.6) is 0 Å². The van der Waals surface area contributed by atoms with E-state index in [2.05, 4.69) is 15.6 Å². The molecule has 1 heterocycles. The second kappa shape index (κ2) is 7.61. The first-order valence-corrected chi connectivity index (χ1v) is 7.27. The SMILES string of the molecule is Cc1nc(NC(=O)NC(CCCO)c2ccccc2)oc1C. The molecule has 2 rings (SSSR count). The quantitative estimate of drug-likeness (QED) is 0.765. The number of hydrogen-bond donors (Lipinski definition) is 3. The summed E-state index contributed by atoms with van der Waals surface area (Å²) < 4.78 is 5.33. The van der Waals surface area contributed by atoms with Crippen LogP contribution in [0.3, 0.4) is 0 Å². The third-order valence-corrected chi connectivity index (χ3v) is 3.41. The highest BCUT2D eigenvalue weighted by Gasteiger charge is 2.16. The van der Waals surface area contributed by atoms with Crippen molar-refractivity contribution in [2.24, 2.45) is 0 Å². The van der Waals surface area contributed by atoms with E-state index < -0.39 is 0 Å². The van der Waals surface area contributed by atoms with Gasteiger partial charge in [0.15, 0.2) is 0 Å². The van der Waals surface area contributed by atoms with Gasteiger partial charge in [-0.05, 0) is 32.3 Å². The van der Waals surface area contributed by atoms with Crippen LogP contribution >= 0.6 is 0 Å². The molecule has 0 fully saturated rings. The van der Waals surface area contributed by atoms with E-state index in [9.17, 15) is 4.79 Å². The van der Waals surface area contributed by atoms with Gasteiger partial charge in [-0.1, -0.05) is 30.3 Å². The highest BCUT2D eigenvalue weighted by Crippen LogP contribution is 2.19. The summed E-state index contributed by atoms with van der Waals surface area (Å²) in [6, 6.07) is 9.28. The van der Waals surface area contributed by atoms with E-state index in [4.69, 9.17) is 9.52 Å². The normalized spacial score (nSPS) is 12.0. The van der Waals surface area contributed by atoms with Crippen molar-refractivity contribution in [2.75, 3.05) is 11.9 Å². The maximum Gasteiger partial charge on any atom is 0.323 e. The predicted molar refractivity (Wildman–Crippen MR) is 83.6 cm³/mol. The molecule has 1 unspecified atom stereocenters. The minimum absolute atomic E-state index is 0.0881. The van der Waals surface area contributed by atoms with Crippen molar-refractivity contribution in [3.05, 3.63) is 47.3 Å². The Kier molecular flexibility index (Phi) is 5.55. The fourth-order valence-corrected chi connectivity index (χ4v) is 2.12. The monoisotopic (exact) mass is 303 g/mol. The molecule has 2 aromatic rings. The predicted octanol–water partition coefficient (Wildman–Crippen LogP) is 2.93. The molecule has 1 atom stereocenters. The van der Waals surface area contributed by atoms with Gasteiger partial charge in [0, 0.05) is 6.61 Å². The van der Waals surface area contributed by atoms with Crippen molar-refractivity contribution in [3.63, 3.8) is 0 Å². The van der Waals surface area contributed by atoms with Gasteiger partial charge in [0.1, 0.15) is 5.76 Å². The molecule has 0 aliphatic carbocycles. The maximum atomic E-state index is 12.1. The Morgan fingerprint density at radius 2 is 2.05 bits per heavy atom. The van der Waals surface area contributed by atoms with Crippen LogP contribution in [-0.2, 0) is 0 Å². The number of oxazole rings is 1. The van der Waals surface area contributed by atoms with E-state index >= 15 is 0 Å². The van der Waals surface area contributed by atoms with Gasteiger partial charge in [0.05, 0.1) is 11.7 Å². The molecule has 6 heteroatoms. The Morgan fingerprint density at radius 1 is 1.32 bits per heavy atom. The van der Waals surface area contributed by atoms with Gasteiger partial charge >= 0.3 is 12.0 Å². The second-order valence-electron chi connectivity index (χ2n) is 5.09. The molecule has 2 amide bonds. The smallest absolute Gasteiger partial charge is 0.323 e. The number of amides is 2. The summed E-state index contributed by atoms with van der Waals surface area (Å²) in [4.78, 5) is 16.2. The summed E-state index contributed by atoms with van der Waals surface area (Å²) in [7, 11) is 0. The van der Waals surface area contributed by atoms with Gasteiger partial charge in [-0.25, -0.2) is 4.79 Å². The van der Waals surface area contributed by atoms with Gasteiger partial charge in [-0.2, -0.15) is 4.98 Å². The average Bonchev–Trinajstić information content (AvgIpc) is 2.82. The van der Waals surface area contributed by atoms with Crippen LogP contribution in [0, 0.1) is 13.8 Å². The largest absolute Gasteiger partial charge is 0.428 e. The molecule has 0 aliphatic rings. The minimum atomic E-state index is -0.381. The van der Waals surface area contributed by atoms with Crippen LogP contribution in [0.25, 0.3) is 0 Å². The van der Waals surface area contributed by atoms with E-state index in [1.165, 1.54) is 0 Å². The lowest BCUT2D eigenvalue weighted by Gasteiger charge is -2.18. The summed E-state index contributed by atoms with van der Waals surface area (Å²) in [5.74, 6) is 0.676. The number of aliphatic hydroxyl groups is 1. The van der Waals surface area contributed by atoms with E-state index in [-0.39, 0.29) is 24.7 Å². The Balaban J connectivity index is 2.01. The lowest BCUT2D eigenvalue weighted by Crippen LogP contribution is -2.32. The third-order valence-electron chi connectivity index (χ3n) is 3.41. The second-order valence-corrected chi connectivity index (χ2v) is 5.09. The number of carbonyl (C=O) groups is 1. The van der Waals surface area contributed by atoms with Gasteiger partial charge < -0.3 is 14.8 Å². The molecule has 0 radical (unpaired) electrons. The molecule has 0 spiro atoms. The first-order valence-electron chi connectivity index (χ1n) is 7.27. The Bertz CT molecular complexity index is 591. The summed E-state index contributed by atoms with van der Waals surface area (Å²) >= 11 is 0. The first kappa shape index (κ1) is 16.0. The first-order chi connectivity index (χ1) is 10.6. The van der Waals surface area contributed by atoms with Gasteiger partial charge in [-0.3, -0.25) is 5.32 Å². The van der Waals surface area contributed by atoms with Gasteiger partial charge in [0.25, 0.3) is 0 Å². The lowest BCUT2D eigenvalue weighted by molar-refractivity contribution is 0.243. The molecule has 6 nitrogen and oxygen atoms in total. The van der Waals surface area contributed by atoms with Crippen LogP contribution in [0.2, 0.25) is 0 Å². The summed E-state index contributed by atoms with van der Waals surface area (Å²) in [6.45, 7) is 3.69. The number of rotatable bonds is 6. The van der Waals surface area contributed by atoms with E-state index in [0.29, 0.717) is 18.6 Å². The molecule has 0 aliphatic heterocycles. The molecule has 1 aromatic heterocycles. The Hall–Kier alpha value is -2.34. The van der Waals surface area contributed by atoms with E-state index in [1.54, 1.807) is 6.92 Å². The fraction of sp³-hybridized carbons (Fsp3) is 0.375. The highest BCUT2D eigenvalue weighted by molar-refractivity contribution is 5.87. The number of hydrogen-bond acceptors (Lipinski definition) is 4. The van der Waals surface area contributed by atoms with Crippen molar-refractivity contribution in [1.82, 2.24) is 10.3 Å². The average molecular weight is 303 g/mol. The van der Waals surface area contributed by atoms with Crippen molar-refractivity contribution in [1.29, 1.82) is 0 Å². The van der Waals surface area contributed by atoms with E-state index in [1.807, 2.05) is 37.3 Å². The molecule has 22 heavy (non-hydrogen) atoms. The van der Waals surface area contributed by atoms with Crippen molar-refractivity contribution < 1.29 is 14.3 Å². The van der Waals surface area contributed by atoms with Crippen LogP contribution in [-0.4, -0.2) is 22.7 Å². The molecule has 0 saturated heterocycles. The molecule has 0 bridgehead atoms. The van der Waals surface area contributed by atoms with Crippen molar-refractivity contribution in [2.45, 2.75) is 32.7 Å². The zero-order valence-electron chi connectivity index (χ0n) is 12.8. The Morgan fingerprint density at radius 3 is 2.64 bits per heavy atom. The number of aliphatic hydroxyl groups excluding tert-OH is 1. The zero-order chi connectivity index (χ0) is 15.9. The topological polar surface area (TPSA) is 87.4 Å². The van der Waals surface area contributed by atoms with Crippen LogP contribution in [0.1, 0.15) is 35.9 Å². The molecular weight excluding hydrogens is 282 g/mol. The Labute approximate surface area is 129 Å². The number of nitrogens with zero attached hydrogens (tertiary/aromatic N) is 1. The van der Waals surface area contributed by atoms with Gasteiger partial charge in [-0.15, -0.1) is 0 Å². The number of benzene rings is 1. The van der Waals surface area contributed by atoms with Crippen LogP contribution in [0.4, 0.5) is 10.8 Å². The summed E-state index contributed by atoms with van der Waals surface area (Å²) in [5, 5.41) is 14.5. The number of aromatic nitrogens is 1.